The van der Waals surface area contributed by atoms with Gasteiger partial charge in [-0.2, -0.15) is 0 Å². The first-order valence-corrected chi connectivity index (χ1v) is 10.7. The molecule has 1 aliphatic rings. The van der Waals surface area contributed by atoms with E-state index in [1.54, 1.807) is 5.56 Å². The molecule has 1 aromatic rings. The summed E-state index contributed by atoms with van der Waals surface area (Å²) in [5, 5.41) is 0. The average Bonchev–Trinajstić information content (AvgIpc) is 2.43. The molecule has 0 saturated carbocycles. The molecule has 1 nitrogen and oxygen atoms in total. The van der Waals surface area contributed by atoms with Crippen molar-refractivity contribution < 1.29 is 0 Å². The van der Waals surface area contributed by atoms with Crippen molar-refractivity contribution in [2.45, 2.75) is 20.0 Å². The second-order valence-electron chi connectivity index (χ2n) is 4.85. The summed E-state index contributed by atoms with van der Waals surface area (Å²) in [6, 6.07) is 11.1. The van der Waals surface area contributed by atoms with Gasteiger partial charge in [0.1, 0.15) is 0 Å². The molecule has 0 aromatic heterocycles. The molecule has 0 atom stereocenters. The van der Waals surface area contributed by atoms with E-state index in [0.29, 0.717) is 0 Å². The third-order valence-electron chi connectivity index (χ3n) is 3.73. The molecule has 0 bridgehead atoms. The maximum atomic E-state index is 2.71. The highest BCUT2D eigenvalue weighted by molar-refractivity contribution is 7.63. The standard InChI is InChI=1S/C15H25NP2/c1-3-16(4-2)18-12-10-17(11-13-18)14-15-8-6-5-7-9-15/h5-9H,3-4,10-14H2,1-2H3. The number of hydrogen-bond acceptors (Lipinski definition) is 1. The fraction of sp³-hybridized carbons (Fsp3) is 0.600. The van der Waals surface area contributed by atoms with Crippen molar-refractivity contribution in [3.63, 3.8) is 0 Å². The Bertz CT molecular complexity index is 330. The van der Waals surface area contributed by atoms with Crippen LogP contribution in [-0.2, 0) is 6.16 Å². The molecule has 1 fully saturated rings. The summed E-state index contributed by atoms with van der Waals surface area (Å²) in [6.45, 7) is 7.12. The number of hydrogen-bond donors (Lipinski definition) is 0. The lowest BCUT2D eigenvalue weighted by molar-refractivity contribution is 0.505. The molecule has 0 aliphatic carbocycles. The summed E-state index contributed by atoms with van der Waals surface area (Å²) in [5.74, 6) is 0. The quantitative estimate of drug-likeness (QED) is 0.722. The molecule has 1 heterocycles. The van der Waals surface area contributed by atoms with E-state index in [2.05, 4.69) is 48.8 Å². The van der Waals surface area contributed by atoms with Crippen molar-refractivity contribution >= 4 is 16.0 Å². The molecule has 0 spiro atoms. The maximum absolute atomic E-state index is 2.71. The van der Waals surface area contributed by atoms with Crippen molar-refractivity contribution in [2.75, 3.05) is 37.7 Å². The van der Waals surface area contributed by atoms with Crippen molar-refractivity contribution in [1.29, 1.82) is 0 Å². The molecule has 3 heteroatoms. The van der Waals surface area contributed by atoms with Gasteiger partial charge in [-0.15, -0.1) is 7.92 Å². The van der Waals surface area contributed by atoms with Crippen LogP contribution in [0, 0.1) is 0 Å². The zero-order valence-corrected chi connectivity index (χ0v) is 13.5. The first kappa shape index (κ1) is 14.4. The van der Waals surface area contributed by atoms with Crippen LogP contribution in [0.3, 0.4) is 0 Å². The van der Waals surface area contributed by atoms with Gasteiger partial charge in [0.2, 0.25) is 0 Å². The minimum Gasteiger partial charge on any atom is -0.282 e. The largest absolute Gasteiger partial charge is 0.282 e. The second-order valence-corrected chi connectivity index (χ2v) is 9.88. The average molecular weight is 281 g/mol. The van der Waals surface area contributed by atoms with E-state index in [-0.39, 0.29) is 16.0 Å². The number of benzene rings is 1. The molecule has 2 rings (SSSR count). The molecule has 1 aromatic carbocycles. The smallest absolute Gasteiger partial charge is 0.000766 e. The van der Waals surface area contributed by atoms with Crippen LogP contribution in [0.15, 0.2) is 30.3 Å². The summed E-state index contributed by atoms with van der Waals surface area (Å²) in [4.78, 5) is 0. The predicted octanol–water partition coefficient (Wildman–Crippen LogP) is 4.42. The first-order valence-electron chi connectivity index (χ1n) is 7.09. The molecule has 1 saturated heterocycles. The predicted molar refractivity (Wildman–Crippen MR) is 86.4 cm³/mol. The second kappa shape index (κ2) is 7.59. The van der Waals surface area contributed by atoms with Gasteiger partial charge in [-0.05, 0) is 57.5 Å². The van der Waals surface area contributed by atoms with E-state index in [1.807, 2.05) is 0 Å². The Labute approximate surface area is 115 Å². The van der Waals surface area contributed by atoms with Gasteiger partial charge >= 0.3 is 0 Å². The number of nitrogens with zero attached hydrogens (tertiary/aromatic N) is 1. The van der Waals surface area contributed by atoms with Crippen LogP contribution in [0.4, 0.5) is 0 Å². The van der Waals surface area contributed by atoms with Gasteiger partial charge in [-0.3, -0.25) is 4.67 Å². The van der Waals surface area contributed by atoms with Gasteiger partial charge in [-0.1, -0.05) is 44.2 Å². The normalized spacial score (nSPS) is 24.4. The van der Waals surface area contributed by atoms with Gasteiger partial charge in [0, 0.05) is 0 Å². The minimum absolute atomic E-state index is 0.213. The fourth-order valence-corrected chi connectivity index (χ4v) is 9.61. The molecule has 0 unspecified atom stereocenters. The zero-order chi connectivity index (χ0) is 12.8. The molecule has 18 heavy (non-hydrogen) atoms. The monoisotopic (exact) mass is 281 g/mol. The number of rotatable bonds is 5. The summed E-state index contributed by atoms with van der Waals surface area (Å²) in [5.41, 5.74) is 1.55. The van der Waals surface area contributed by atoms with Gasteiger partial charge in [0.05, 0.1) is 0 Å². The van der Waals surface area contributed by atoms with Crippen LogP contribution in [-0.4, -0.2) is 42.4 Å². The lowest BCUT2D eigenvalue weighted by Gasteiger charge is -2.36. The third-order valence-corrected chi connectivity index (χ3v) is 9.80. The maximum Gasteiger partial charge on any atom is -0.000766 e. The van der Waals surface area contributed by atoms with E-state index >= 15 is 0 Å². The lowest BCUT2D eigenvalue weighted by Crippen LogP contribution is -2.24. The molecule has 0 radical (unpaired) electrons. The van der Waals surface area contributed by atoms with Crippen LogP contribution in [0.2, 0.25) is 0 Å². The SMILES string of the molecule is CCN(CC)P1CCP(Cc2ccccc2)CC1. The summed E-state index contributed by atoms with van der Waals surface area (Å²) in [6.07, 6.45) is 7.36. The van der Waals surface area contributed by atoms with Crippen molar-refractivity contribution in [1.82, 2.24) is 4.67 Å². The van der Waals surface area contributed by atoms with Crippen LogP contribution in [0.25, 0.3) is 0 Å². The highest BCUT2D eigenvalue weighted by atomic mass is 31.1. The van der Waals surface area contributed by atoms with Crippen LogP contribution < -0.4 is 0 Å². The molecular weight excluding hydrogens is 256 g/mol. The molecule has 100 valence electrons. The summed E-state index contributed by atoms with van der Waals surface area (Å²) >= 11 is 0. The highest BCUT2D eigenvalue weighted by Gasteiger charge is 2.23. The van der Waals surface area contributed by atoms with E-state index in [4.69, 9.17) is 0 Å². The topological polar surface area (TPSA) is 3.24 Å². The molecule has 0 N–H and O–H groups in total. The van der Waals surface area contributed by atoms with E-state index in [0.717, 1.165) is 0 Å². The van der Waals surface area contributed by atoms with Crippen LogP contribution in [0.5, 0.6) is 0 Å². The summed E-state index contributed by atoms with van der Waals surface area (Å²) < 4.78 is 2.71. The van der Waals surface area contributed by atoms with Gasteiger partial charge in [0.25, 0.3) is 0 Å². The first-order chi connectivity index (χ1) is 8.83. The van der Waals surface area contributed by atoms with Crippen LogP contribution in [0.1, 0.15) is 19.4 Å². The van der Waals surface area contributed by atoms with Crippen molar-refractivity contribution in [3.05, 3.63) is 35.9 Å². The summed E-state index contributed by atoms with van der Waals surface area (Å²) in [7, 11) is 0.493. The van der Waals surface area contributed by atoms with Gasteiger partial charge in [-0.25, -0.2) is 0 Å². The van der Waals surface area contributed by atoms with Gasteiger partial charge in [0.15, 0.2) is 0 Å². The molecule has 0 amide bonds. The van der Waals surface area contributed by atoms with Crippen molar-refractivity contribution in [3.8, 4) is 0 Å². The Balaban J connectivity index is 1.80. The third kappa shape index (κ3) is 4.02. The lowest BCUT2D eigenvalue weighted by atomic mass is 10.2. The van der Waals surface area contributed by atoms with E-state index in [1.165, 1.54) is 43.9 Å². The Hall–Kier alpha value is 0.0400. The van der Waals surface area contributed by atoms with E-state index in [9.17, 15) is 0 Å². The Morgan fingerprint density at radius 1 is 0.944 bits per heavy atom. The molecular formula is C15H25NP2. The Morgan fingerprint density at radius 3 is 2.11 bits per heavy atom. The fourth-order valence-electron chi connectivity index (χ4n) is 2.64. The Kier molecular flexibility index (Phi) is 6.09. The van der Waals surface area contributed by atoms with E-state index < -0.39 is 0 Å². The Morgan fingerprint density at radius 2 is 1.56 bits per heavy atom. The van der Waals surface area contributed by atoms with Crippen LogP contribution >= 0.6 is 16.0 Å². The van der Waals surface area contributed by atoms with Crippen molar-refractivity contribution in [2.24, 2.45) is 0 Å². The minimum atomic E-state index is 0.213. The molecule has 1 aliphatic heterocycles. The zero-order valence-electron chi connectivity index (χ0n) is 11.7. The highest BCUT2D eigenvalue weighted by Crippen LogP contribution is 2.53. The van der Waals surface area contributed by atoms with Gasteiger partial charge < -0.3 is 0 Å².